The fourth-order valence-corrected chi connectivity index (χ4v) is 1.79. The molecule has 1 aromatic heterocycles. The Kier molecular flexibility index (Phi) is 3.31. The van der Waals surface area contributed by atoms with Gasteiger partial charge in [0.05, 0.1) is 11.1 Å². The van der Waals surface area contributed by atoms with Crippen LogP contribution in [-0.2, 0) is 4.79 Å². The molecule has 0 fully saturated rings. The summed E-state index contributed by atoms with van der Waals surface area (Å²) >= 11 is 0. The van der Waals surface area contributed by atoms with Crippen molar-refractivity contribution in [1.29, 1.82) is 0 Å². The van der Waals surface area contributed by atoms with Gasteiger partial charge in [0.1, 0.15) is 11.4 Å². The van der Waals surface area contributed by atoms with Crippen LogP contribution in [-0.4, -0.2) is 27.5 Å². The van der Waals surface area contributed by atoms with Gasteiger partial charge in [-0.3, -0.25) is 4.79 Å². The molecule has 0 saturated carbocycles. The van der Waals surface area contributed by atoms with E-state index < -0.39 is 17.4 Å². The molecule has 0 spiro atoms. The largest absolute Gasteiger partial charge is 0.478 e. The maximum Gasteiger partial charge on any atom is 0.336 e. The lowest BCUT2D eigenvalue weighted by molar-refractivity contribution is -0.121. The molecule has 0 saturated heterocycles. The molecular weight excluding hydrogens is 258 g/mol. The average Bonchev–Trinajstić information content (AvgIpc) is 2.36. The van der Waals surface area contributed by atoms with Crippen LogP contribution in [0.15, 0.2) is 30.3 Å². The highest BCUT2D eigenvalue weighted by Crippen LogP contribution is 2.21. The van der Waals surface area contributed by atoms with E-state index in [9.17, 15) is 9.59 Å². The molecule has 6 nitrogen and oxygen atoms in total. The molecule has 0 aliphatic heterocycles. The SMILES string of the molecule is CC(C)(Nc1ccc2c(C(=O)O)cccc2n1)C(N)=O. The third-order valence-corrected chi connectivity index (χ3v) is 3.02. The monoisotopic (exact) mass is 273 g/mol. The molecule has 0 bridgehead atoms. The summed E-state index contributed by atoms with van der Waals surface area (Å²) in [6.45, 7) is 3.30. The van der Waals surface area contributed by atoms with E-state index in [4.69, 9.17) is 10.8 Å². The zero-order valence-corrected chi connectivity index (χ0v) is 11.2. The number of carbonyl (C=O) groups excluding carboxylic acids is 1. The summed E-state index contributed by atoms with van der Waals surface area (Å²) in [5, 5.41) is 12.6. The summed E-state index contributed by atoms with van der Waals surface area (Å²) in [4.78, 5) is 26.7. The van der Waals surface area contributed by atoms with Crippen molar-refractivity contribution >= 4 is 28.6 Å². The van der Waals surface area contributed by atoms with E-state index in [0.29, 0.717) is 16.7 Å². The quantitative estimate of drug-likeness (QED) is 0.784. The number of aromatic nitrogens is 1. The molecule has 20 heavy (non-hydrogen) atoms. The average molecular weight is 273 g/mol. The molecule has 6 heteroatoms. The summed E-state index contributed by atoms with van der Waals surface area (Å²) in [6.07, 6.45) is 0. The number of carbonyl (C=O) groups is 2. The molecular formula is C14H15N3O3. The molecule has 4 N–H and O–H groups in total. The van der Waals surface area contributed by atoms with Gasteiger partial charge in [0.15, 0.2) is 0 Å². The highest BCUT2D eigenvalue weighted by Gasteiger charge is 2.25. The van der Waals surface area contributed by atoms with Crippen LogP contribution in [0.25, 0.3) is 10.9 Å². The van der Waals surface area contributed by atoms with Gasteiger partial charge in [-0.2, -0.15) is 0 Å². The van der Waals surface area contributed by atoms with Gasteiger partial charge in [-0.25, -0.2) is 9.78 Å². The second kappa shape index (κ2) is 4.80. The fourth-order valence-electron chi connectivity index (χ4n) is 1.79. The number of rotatable bonds is 4. The minimum absolute atomic E-state index is 0.190. The van der Waals surface area contributed by atoms with Crippen LogP contribution < -0.4 is 11.1 Å². The first-order valence-electron chi connectivity index (χ1n) is 6.02. The van der Waals surface area contributed by atoms with Crippen LogP contribution in [0.2, 0.25) is 0 Å². The van der Waals surface area contributed by atoms with Gasteiger partial charge in [0.25, 0.3) is 0 Å². The summed E-state index contributed by atoms with van der Waals surface area (Å²) < 4.78 is 0. The van der Waals surface area contributed by atoms with E-state index in [1.165, 1.54) is 6.07 Å². The number of amides is 1. The molecule has 0 aliphatic rings. The summed E-state index contributed by atoms with van der Waals surface area (Å²) in [7, 11) is 0. The number of primary amides is 1. The van der Waals surface area contributed by atoms with Crippen molar-refractivity contribution in [2.24, 2.45) is 5.73 Å². The van der Waals surface area contributed by atoms with Gasteiger partial charge in [-0.1, -0.05) is 6.07 Å². The number of nitrogens with zero attached hydrogens (tertiary/aromatic N) is 1. The number of pyridine rings is 1. The number of fused-ring (bicyclic) bond motifs is 1. The van der Waals surface area contributed by atoms with E-state index >= 15 is 0 Å². The van der Waals surface area contributed by atoms with Crippen LogP contribution in [0.1, 0.15) is 24.2 Å². The number of hydrogen-bond donors (Lipinski definition) is 3. The Morgan fingerprint density at radius 2 is 1.95 bits per heavy atom. The van der Waals surface area contributed by atoms with Crippen molar-refractivity contribution in [2.45, 2.75) is 19.4 Å². The lowest BCUT2D eigenvalue weighted by atomic mass is 10.0. The molecule has 1 heterocycles. The second-order valence-corrected chi connectivity index (χ2v) is 4.99. The van der Waals surface area contributed by atoms with Crippen LogP contribution in [0, 0.1) is 0 Å². The van der Waals surface area contributed by atoms with Crippen molar-refractivity contribution in [1.82, 2.24) is 4.98 Å². The molecule has 0 aliphatic carbocycles. The number of anilines is 1. The molecule has 104 valence electrons. The predicted octanol–water partition coefficient (Wildman–Crippen LogP) is 1.61. The molecule has 0 atom stereocenters. The van der Waals surface area contributed by atoms with E-state index in [1.807, 2.05) is 0 Å². The number of benzene rings is 1. The second-order valence-electron chi connectivity index (χ2n) is 4.99. The first-order valence-corrected chi connectivity index (χ1v) is 6.02. The predicted molar refractivity (Wildman–Crippen MR) is 75.6 cm³/mol. The Morgan fingerprint density at radius 3 is 2.55 bits per heavy atom. The van der Waals surface area contributed by atoms with E-state index in [-0.39, 0.29) is 5.56 Å². The Bertz CT molecular complexity index is 695. The molecule has 1 amide bonds. The van der Waals surface area contributed by atoms with Gasteiger partial charge in [-0.15, -0.1) is 0 Å². The topological polar surface area (TPSA) is 105 Å². The van der Waals surface area contributed by atoms with Crippen LogP contribution >= 0.6 is 0 Å². The van der Waals surface area contributed by atoms with Crippen LogP contribution in [0.5, 0.6) is 0 Å². The fraction of sp³-hybridized carbons (Fsp3) is 0.214. The molecule has 2 rings (SSSR count). The third-order valence-electron chi connectivity index (χ3n) is 3.02. The third kappa shape index (κ3) is 2.54. The molecule has 0 unspecified atom stereocenters. The van der Waals surface area contributed by atoms with Crippen molar-refractivity contribution in [3.05, 3.63) is 35.9 Å². The van der Waals surface area contributed by atoms with Gasteiger partial charge in [0.2, 0.25) is 5.91 Å². The zero-order chi connectivity index (χ0) is 14.9. The van der Waals surface area contributed by atoms with E-state index in [1.54, 1.807) is 38.1 Å². The van der Waals surface area contributed by atoms with Crippen molar-refractivity contribution in [3.63, 3.8) is 0 Å². The maximum absolute atomic E-state index is 11.3. The molecule has 0 radical (unpaired) electrons. The summed E-state index contributed by atoms with van der Waals surface area (Å²) in [6, 6.07) is 8.14. The number of nitrogens with one attached hydrogen (secondary N) is 1. The van der Waals surface area contributed by atoms with Crippen molar-refractivity contribution in [3.8, 4) is 0 Å². The number of carboxylic acids is 1. The normalized spacial score (nSPS) is 11.3. The number of aromatic carboxylic acids is 1. The number of carboxylic acid groups (broad SMARTS) is 1. The van der Waals surface area contributed by atoms with Gasteiger partial charge < -0.3 is 16.2 Å². The number of nitrogens with two attached hydrogens (primary N) is 1. The van der Waals surface area contributed by atoms with Crippen LogP contribution in [0.4, 0.5) is 5.82 Å². The van der Waals surface area contributed by atoms with Gasteiger partial charge >= 0.3 is 5.97 Å². The number of hydrogen-bond acceptors (Lipinski definition) is 4. The van der Waals surface area contributed by atoms with Gasteiger partial charge in [-0.05, 0) is 38.1 Å². The van der Waals surface area contributed by atoms with Crippen LogP contribution in [0.3, 0.4) is 0 Å². The maximum atomic E-state index is 11.3. The van der Waals surface area contributed by atoms with E-state index in [0.717, 1.165) is 0 Å². The van der Waals surface area contributed by atoms with E-state index in [2.05, 4.69) is 10.3 Å². The minimum atomic E-state index is -1.00. The molecule has 2 aromatic rings. The van der Waals surface area contributed by atoms with Crippen molar-refractivity contribution in [2.75, 3.05) is 5.32 Å². The van der Waals surface area contributed by atoms with Gasteiger partial charge in [0, 0.05) is 5.39 Å². The standard InChI is InChI=1S/C14H15N3O3/c1-14(2,13(15)20)17-11-7-6-8-9(12(18)19)4-3-5-10(8)16-11/h3-7H,1-2H3,(H2,15,20)(H,16,17)(H,18,19). The highest BCUT2D eigenvalue weighted by atomic mass is 16.4. The first-order chi connectivity index (χ1) is 9.31. The lowest BCUT2D eigenvalue weighted by Gasteiger charge is -2.23. The molecule has 1 aromatic carbocycles. The first kappa shape index (κ1) is 13.8. The highest BCUT2D eigenvalue weighted by molar-refractivity contribution is 6.02. The Hall–Kier alpha value is -2.63. The Morgan fingerprint density at radius 1 is 1.25 bits per heavy atom. The summed E-state index contributed by atoms with van der Waals surface area (Å²) in [5.74, 6) is -1.04. The Balaban J connectivity index is 2.45. The lowest BCUT2D eigenvalue weighted by Crippen LogP contribution is -2.45. The minimum Gasteiger partial charge on any atom is -0.478 e. The Labute approximate surface area is 115 Å². The summed E-state index contributed by atoms with van der Waals surface area (Å²) in [5.41, 5.74) is 5.08. The zero-order valence-electron chi connectivity index (χ0n) is 11.2. The smallest absolute Gasteiger partial charge is 0.336 e. The van der Waals surface area contributed by atoms with Crippen molar-refractivity contribution < 1.29 is 14.7 Å².